The summed E-state index contributed by atoms with van der Waals surface area (Å²) in [6.45, 7) is 6.59. The van der Waals surface area contributed by atoms with E-state index in [1.54, 1.807) is 0 Å². The molecule has 1 amide bonds. The van der Waals surface area contributed by atoms with Gasteiger partial charge in [0.15, 0.2) is 0 Å². The summed E-state index contributed by atoms with van der Waals surface area (Å²) in [4.78, 5) is 14.8. The number of rotatable bonds is 4. The minimum absolute atomic E-state index is 0.0650. The minimum Gasteiger partial charge on any atom is -0.337 e. The second-order valence-corrected chi connectivity index (χ2v) is 7.38. The van der Waals surface area contributed by atoms with Crippen molar-refractivity contribution in [3.05, 3.63) is 35.9 Å². The van der Waals surface area contributed by atoms with Crippen molar-refractivity contribution in [3.63, 3.8) is 0 Å². The maximum Gasteiger partial charge on any atom is 0.274 e. The monoisotopic (exact) mass is 356 g/mol. The summed E-state index contributed by atoms with van der Waals surface area (Å²) in [6, 6.07) is 2.24. The van der Waals surface area contributed by atoms with Crippen LogP contribution in [0.1, 0.15) is 60.6 Å². The van der Waals surface area contributed by atoms with Crippen molar-refractivity contribution >= 4 is 5.91 Å². The van der Waals surface area contributed by atoms with Crippen LogP contribution in [0, 0.1) is 0 Å². The van der Waals surface area contributed by atoms with Crippen LogP contribution in [0.25, 0.3) is 0 Å². The summed E-state index contributed by atoms with van der Waals surface area (Å²) in [5.74, 6) is 0.570. The summed E-state index contributed by atoms with van der Waals surface area (Å²) < 4.78 is 3.94. The molecule has 1 unspecified atom stereocenters. The number of piperidine rings is 2. The largest absolute Gasteiger partial charge is 0.337 e. The Morgan fingerprint density at radius 3 is 2.85 bits per heavy atom. The Labute approximate surface area is 154 Å². The molecular weight excluding hydrogens is 328 g/mol. The van der Waals surface area contributed by atoms with E-state index in [9.17, 15) is 4.79 Å². The third-order valence-electron chi connectivity index (χ3n) is 5.70. The molecule has 2 saturated heterocycles. The Morgan fingerprint density at radius 1 is 1.31 bits per heavy atom. The molecule has 0 spiro atoms. The fraction of sp³-hybridized carbons (Fsp3) is 0.632. The fourth-order valence-corrected chi connectivity index (χ4v) is 4.06. The van der Waals surface area contributed by atoms with Gasteiger partial charge >= 0.3 is 0 Å². The van der Waals surface area contributed by atoms with Crippen molar-refractivity contribution in [1.29, 1.82) is 0 Å². The third kappa shape index (κ3) is 3.53. The number of hydrogen-bond donors (Lipinski definition) is 1. The molecule has 2 aromatic rings. The smallest absolute Gasteiger partial charge is 0.274 e. The molecular formula is C19H28N6O. The lowest BCUT2D eigenvalue weighted by molar-refractivity contribution is 0.0705. The Morgan fingerprint density at radius 2 is 2.15 bits per heavy atom. The summed E-state index contributed by atoms with van der Waals surface area (Å²) in [7, 11) is 0. The summed E-state index contributed by atoms with van der Waals surface area (Å²) in [5, 5.41) is 12.3. The van der Waals surface area contributed by atoms with Crippen LogP contribution in [-0.4, -0.2) is 56.5 Å². The van der Waals surface area contributed by atoms with E-state index in [2.05, 4.69) is 28.6 Å². The van der Waals surface area contributed by atoms with Gasteiger partial charge in [-0.1, -0.05) is 0 Å². The Hall–Kier alpha value is -2.15. The average Bonchev–Trinajstić information content (AvgIpc) is 3.38. The molecule has 2 fully saturated rings. The van der Waals surface area contributed by atoms with E-state index >= 15 is 0 Å². The van der Waals surface area contributed by atoms with Crippen LogP contribution in [-0.2, 0) is 6.54 Å². The molecule has 4 heterocycles. The number of likely N-dealkylation sites (tertiary alicyclic amines) is 1. The maximum absolute atomic E-state index is 12.8. The molecule has 1 atom stereocenters. The molecule has 2 aliphatic rings. The first kappa shape index (κ1) is 17.3. The Kier molecular flexibility index (Phi) is 5.06. The first-order valence-electron chi connectivity index (χ1n) is 9.82. The number of nitrogens with zero attached hydrogens (tertiary/aromatic N) is 5. The van der Waals surface area contributed by atoms with E-state index in [1.165, 1.54) is 5.56 Å². The highest BCUT2D eigenvalue weighted by Crippen LogP contribution is 2.28. The number of carbonyl (C=O) groups excluding carboxylic acids is 1. The van der Waals surface area contributed by atoms with Gasteiger partial charge in [-0.2, -0.15) is 10.2 Å². The van der Waals surface area contributed by atoms with Crippen molar-refractivity contribution in [3.8, 4) is 0 Å². The van der Waals surface area contributed by atoms with Crippen LogP contribution in [0.5, 0.6) is 0 Å². The zero-order valence-corrected chi connectivity index (χ0v) is 15.5. The number of carbonyl (C=O) groups is 1. The van der Waals surface area contributed by atoms with Crippen molar-refractivity contribution in [2.75, 3.05) is 26.2 Å². The lowest BCUT2D eigenvalue weighted by Crippen LogP contribution is -2.38. The van der Waals surface area contributed by atoms with Gasteiger partial charge in [0, 0.05) is 38.6 Å². The first-order chi connectivity index (χ1) is 12.7. The second-order valence-electron chi connectivity index (χ2n) is 7.38. The Bertz CT molecular complexity index is 737. The van der Waals surface area contributed by atoms with Gasteiger partial charge < -0.3 is 10.2 Å². The molecule has 2 aromatic heterocycles. The van der Waals surface area contributed by atoms with Gasteiger partial charge in [-0.3, -0.25) is 14.2 Å². The highest BCUT2D eigenvalue weighted by Gasteiger charge is 2.27. The molecule has 26 heavy (non-hydrogen) atoms. The highest BCUT2D eigenvalue weighted by atomic mass is 16.2. The number of amides is 1. The molecule has 0 bridgehead atoms. The lowest BCUT2D eigenvalue weighted by atomic mass is 9.91. The van der Waals surface area contributed by atoms with Gasteiger partial charge in [-0.25, -0.2) is 0 Å². The van der Waals surface area contributed by atoms with Crippen molar-refractivity contribution in [1.82, 2.24) is 29.8 Å². The van der Waals surface area contributed by atoms with Crippen molar-refractivity contribution in [2.45, 2.75) is 51.1 Å². The fourth-order valence-electron chi connectivity index (χ4n) is 4.06. The van der Waals surface area contributed by atoms with E-state index in [4.69, 9.17) is 0 Å². The van der Waals surface area contributed by atoms with Crippen molar-refractivity contribution in [2.24, 2.45) is 0 Å². The summed E-state index contributed by atoms with van der Waals surface area (Å²) >= 11 is 0. The lowest BCUT2D eigenvalue weighted by Gasteiger charge is -2.31. The van der Waals surface area contributed by atoms with E-state index in [0.717, 1.165) is 58.4 Å². The predicted molar refractivity (Wildman–Crippen MR) is 99.1 cm³/mol. The molecule has 7 nitrogen and oxygen atoms in total. The topological polar surface area (TPSA) is 68.0 Å². The number of aryl methyl sites for hydroxylation is 1. The quantitative estimate of drug-likeness (QED) is 0.910. The Balaban J connectivity index is 1.35. The molecule has 2 aliphatic heterocycles. The molecule has 140 valence electrons. The third-order valence-corrected chi connectivity index (χ3v) is 5.70. The molecule has 1 N–H and O–H groups in total. The van der Waals surface area contributed by atoms with Gasteiger partial charge in [-0.05, 0) is 56.7 Å². The number of nitrogens with one attached hydrogen (secondary N) is 1. The van der Waals surface area contributed by atoms with Crippen LogP contribution in [0.3, 0.4) is 0 Å². The molecule has 7 heteroatoms. The zero-order valence-electron chi connectivity index (χ0n) is 15.5. The van der Waals surface area contributed by atoms with Gasteiger partial charge in [0.05, 0.1) is 12.2 Å². The van der Waals surface area contributed by atoms with Crippen LogP contribution in [0.15, 0.2) is 24.7 Å². The minimum atomic E-state index is 0.0650. The molecule has 0 aromatic carbocycles. The normalized spacial score (nSPS) is 21.9. The van der Waals surface area contributed by atoms with Gasteiger partial charge in [-0.15, -0.1) is 0 Å². The maximum atomic E-state index is 12.8. The first-order valence-corrected chi connectivity index (χ1v) is 9.82. The highest BCUT2D eigenvalue weighted by molar-refractivity contribution is 5.92. The van der Waals surface area contributed by atoms with Gasteiger partial charge in [0.2, 0.25) is 0 Å². The standard InChI is InChI=1S/C19H28N6O/c1-2-24-14-16(12-21-24)15-5-9-23(10-6-15)19(26)18-7-11-25(22-18)17-4-3-8-20-13-17/h7,11-12,14-15,17,20H,2-6,8-10,13H2,1H3. The predicted octanol–water partition coefficient (Wildman–Crippen LogP) is 2.04. The number of hydrogen-bond acceptors (Lipinski definition) is 4. The molecule has 4 rings (SSSR count). The van der Waals surface area contributed by atoms with Crippen molar-refractivity contribution < 1.29 is 4.79 Å². The van der Waals surface area contributed by atoms with Gasteiger partial charge in [0.1, 0.15) is 5.69 Å². The molecule has 0 saturated carbocycles. The van der Waals surface area contributed by atoms with E-state index < -0.39 is 0 Å². The van der Waals surface area contributed by atoms with Crippen LogP contribution >= 0.6 is 0 Å². The molecule has 0 radical (unpaired) electrons. The summed E-state index contributed by atoms with van der Waals surface area (Å²) in [6.07, 6.45) is 10.3. The van der Waals surface area contributed by atoms with Crippen LogP contribution < -0.4 is 5.32 Å². The van der Waals surface area contributed by atoms with E-state index in [0.29, 0.717) is 17.7 Å². The summed E-state index contributed by atoms with van der Waals surface area (Å²) in [5.41, 5.74) is 1.88. The van der Waals surface area contributed by atoms with Crippen LogP contribution in [0.4, 0.5) is 0 Å². The van der Waals surface area contributed by atoms with E-state index in [-0.39, 0.29) is 5.91 Å². The average molecular weight is 356 g/mol. The second kappa shape index (κ2) is 7.61. The molecule has 0 aliphatic carbocycles. The van der Waals surface area contributed by atoms with E-state index in [1.807, 2.05) is 32.7 Å². The zero-order chi connectivity index (χ0) is 17.9. The van der Waals surface area contributed by atoms with Gasteiger partial charge in [0.25, 0.3) is 5.91 Å². The SMILES string of the molecule is CCn1cc(C2CCN(C(=O)c3ccn(C4CCCNC4)n3)CC2)cn1. The van der Waals surface area contributed by atoms with Crippen LogP contribution in [0.2, 0.25) is 0 Å². The number of aromatic nitrogens is 4.